The Morgan fingerprint density at radius 1 is 1.30 bits per heavy atom. The number of piperidine rings is 1. The van der Waals surface area contributed by atoms with Gasteiger partial charge in [0.05, 0.1) is 18.8 Å². The summed E-state index contributed by atoms with van der Waals surface area (Å²) in [6.45, 7) is 4.46. The van der Waals surface area contributed by atoms with Crippen molar-refractivity contribution in [2.45, 2.75) is 44.9 Å². The zero-order valence-electron chi connectivity index (χ0n) is 13.5. The maximum Gasteiger partial charge on any atom is 0.123 e. The molecular formula is C18H24FN3O. The van der Waals surface area contributed by atoms with E-state index in [-0.39, 0.29) is 5.82 Å². The summed E-state index contributed by atoms with van der Waals surface area (Å²) < 4.78 is 15.0. The van der Waals surface area contributed by atoms with Gasteiger partial charge in [-0.15, -0.1) is 0 Å². The molecule has 1 aromatic heterocycles. The van der Waals surface area contributed by atoms with Gasteiger partial charge >= 0.3 is 0 Å². The highest BCUT2D eigenvalue weighted by Gasteiger charge is 2.25. The Morgan fingerprint density at radius 3 is 2.78 bits per heavy atom. The van der Waals surface area contributed by atoms with E-state index in [9.17, 15) is 9.50 Å². The fourth-order valence-electron chi connectivity index (χ4n) is 3.30. The first-order chi connectivity index (χ1) is 11.1. The van der Waals surface area contributed by atoms with Gasteiger partial charge in [-0.3, -0.25) is 9.58 Å². The van der Waals surface area contributed by atoms with Gasteiger partial charge in [-0.2, -0.15) is 5.10 Å². The van der Waals surface area contributed by atoms with Crippen molar-refractivity contribution in [3.05, 3.63) is 53.6 Å². The van der Waals surface area contributed by atoms with E-state index in [1.807, 2.05) is 17.8 Å². The number of aliphatic hydroxyl groups excluding tert-OH is 1. The van der Waals surface area contributed by atoms with Crippen LogP contribution < -0.4 is 0 Å². The molecule has 4 nitrogen and oxygen atoms in total. The van der Waals surface area contributed by atoms with Crippen LogP contribution in [0, 0.1) is 12.7 Å². The van der Waals surface area contributed by atoms with Gasteiger partial charge < -0.3 is 5.11 Å². The minimum absolute atomic E-state index is 0.272. The van der Waals surface area contributed by atoms with Crippen molar-refractivity contribution in [3.8, 4) is 0 Å². The van der Waals surface area contributed by atoms with Crippen LogP contribution in [-0.2, 0) is 6.54 Å². The van der Waals surface area contributed by atoms with Gasteiger partial charge in [0.2, 0.25) is 0 Å². The second-order valence-corrected chi connectivity index (χ2v) is 6.45. The van der Waals surface area contributed by atoms with Crippen molar-refractivity contribution in [2.24, 2.45) is 0 Å². The van der Waals surface area contributed by atoms with Crippen LogP contribution in [0.3, 0.4) is 0 Å². The molecule has 5 heteroatoms. The molecule has 2 atom stereocenters. The number of hydrogen-bond donors (Lipinski definition) is 1. The quantitative estimate of drug-likeness (QED) is 0.922. The highest BCUT2D eigenvalue weighted by Crippen LogP contribution is 2.23. The number of benzene rings is 1. The van der Waals surface area contributed by atoms with Crippen LogP contribution in [0.25, 0.3) is 0 Å². The Morgan fingerprint density at radius 2 is 2.09 bits per heavy atom. The summed E-state index contributed by atoms with van der Waals surface area (Å²) in [4.78, 5) is 2.34. The summed E-state index contributed by atoms with van der Waals surface area (Å²) in [5.74, 6) is -0.272. The average molecular weight is 317 g/mol. The molecule has 0 unspecified atom stereocenters. The van der Waals surface area contributed by atoms with Crippen LogP contribution in [0.15, 0.2) is 36.7 Å². The second-order valence-electron chi connectivity index (χ2n) is 6.45. The van der Waals surface area contributed by atoms with Crippen LogP contribution in [0.5, 0.6) is 0 Å². The third-order valence-electron chi connectivity index (χ3n) is 4.57. The van der Waals surface area contributed by atoms with Crippen LogP contribution in [0.2, 0.25) is 0 Å². The fraction of sp³-hybridized carbons (Fsp3) is 0.500. The number of halogens is 1. The molecule has 1 saturated heterocycles. The van der Waals surface area contributed by atoms with Crippen molar-refractivity contribution in [1.82, 2.24) is 14.7 Å². The smallest absolute Gasteiger partial charge is 0.123 e. The van der Waals surface area contributed by atoms with Crippen molar-refractivity contribution < 1.29 is 9.50 Å². The molecule has 1 N–H and O–H groups in total. The molecule has 0 spiro atoms. The third-order valence-corrected chi connectivity index (χ3v) is 4.57. The second kappa shape index (κ2) is 7.23. The van der Waals surface area contributed by atoms with E-state index in [1.165, 1.54) is 24.1 Å². The highest BCUT2D eigenvalue weighted by atomic mass is 19.1. The molecule has 0 aliphatic carbocycles. The van der Waals surface area contributed by atoms with Gasteiger partial charge in [0.25, 0.3) is 0 Å². The largest absolute Gasteiger partial charge is 0.387 e. The summed E-state index contributed by atoms with van der Waals surface area (Å²) in [7, 11) is 0. The summed E-state index contributed by atoms with van der Waals surface area (Å²) in [6, 6.07) is 6.52. The Labute approximate surface area is 136 Å². The number of rotatable bonds is 5. The lowest BCUT2D eigenvalue weighted by atomic mass is 10.00. The Kier molecular flexibility index (Phi) is 5.08. The number of likely N-dealkylation sites (tertiary alicyclic amines) is 1. The number of β-amino-alcohol motifs (C(OH)–C–C–N with tert-alkyl or cyclic N) is 1. The molecule has 1 aliphatic rings. The van der Waals surface area contributed by atoms with E-state index in [1.54, 1.807) is 12.1 Å². The summed E-state index contributed by atoms with van der Waals surface area (Å²) in [6.07, 6.45) is 6.84. The molecule has 1 fully saturated rings. The van der Waals surface area contributed by atoms with Crippen molar-refractivity contribution in [1.29, 1.82) is 0 Å². The van der Waals surface area contributed by atoms with E-state index < -0.39 is 6.10 Å². The number of hydrogen-bond acceptors (Lipinski definition) is 3. The molecule has 0 saturated carbocycles. The molecule has 1 aromatic carbocycles. The molecule has 23 heavy (non-hydrogen) atoms. The maximum absolute atomic E-state index is 13.0. The van der Waals surface area contributed by atoms with Gasteiger partial charge in [0.15, 0.2) is 0 Å². The summed E-state index contributed by atoms with van der Waals surface area (Å²) in [5, 5.41) is 14.8. The van der Waals surface area contributed by atoms with Crippen LogP contribution in [-0.4, -0.2) is 38.9 Å². The molecule has 3 rings (SSSR count). The topological polar surface area (TPSA) is 41.3 Å². The SMILES string of the molecule is Cc1cnn(C[C@H]2CCCCN2C[C@H](O)c2ccc(F)cc2)c1. The van der Waals surface area contributed by atoms with Gasteiger partial charge in [-0.05, 0) is 49.6 Å². The van der Waals surface area contributed by atoms with Crippen molar-refractivity contribution in [3.63, 3.8) is 0 Å². The van der Waals surface area contributed by atoms with Crippen LogP contribution >= 0.6 is 0 Å². The average Bonchev–Trinajstić information content (AvgIpc) is 2.95. The van der Waals surface area contributed by atoms with Crippen molar-refractivity contribution >= 4 is 0 Å². The van der Waals surface area contributed by atoms with Crippen LogP contribution in [0.4, 0.5) is 4.39 Å². The zero-order valence-corrected chi connectivity index (χ0v) is 13.5. The number of nitrogens with zero attached hydrogens (tertiary/aromatic N) is 3. The monoisotopic (exact) mass is 317 g/mol. The lowest BCUT2D eigenvalue weighted by Crippen LogP contribution is -2.44. The van der Waals surface area contributed by atoms with E-state index in [0.29, 0.717) is 12.6 Å². The first-order valence-corrected chi connectivity index (χ1v) is 8.28. The predicted molar refractivity (Wildman–Crippen MR) is 87.5 cm³/mol. The third kappa shape index (κ3) is 4.18. The summed E-state index contributed by atoms with van der Waals surface area (Å²) in [5.41, 5.74) is 1.93. The lowest BCUT2D eigenvalue weighted by Gasteiger charge is -2.37. The zero-order chi connectivity index (χ0) is 16.2. The van der Waals surface area contributed by atoms with Crippen molar-refractivity contribution in [2.75, 3.05) is 13.1 Å². The highest BCUT2D eigenvalue weighted by molar-refractivity contribution is 5.18. The minimum Gasteiger partial charge on any atom is -0.387 e. The van der Waals surface area contributed by atoms with E-state index in [0.717, 1.165) is 31.5 Å². The molecule has 124 valence electrons. The van der Waals surface area contributed by atoms with Gasteiger partial charge in [-0.1, -0.05) is 18.6 Å². The van der Waals surface area contributed by atoms with Crippen LogP contribution in [0.1, 0.15) is 36.5 Å². The normalized spacial score (nSPS) is 20.6. The first kappa shape index (κ1) is 16.1. The molecule has 1 aliphatic heterocycles. The van der Waals surface area contributed by atoms with E-state index in [2.05, 4.69) is 16.2 Å². The molecular weight excluding hydrogens is 293 g/mol. The van der Waals surface area contributed by atoms with E-state index >= 15 is 0 Å². The van der Waals surface area contributed by atoms with Gasteiger partial charge in [0.1, 0.15) is 5.82 Å². The van der Waals surface area contributed by atoms with Gasteiger partial charge in [0, 0.05) is 18.8 Å². The minimum atomic E-state index is -0.587. The molecule has 0 bridgehead atoms. The molecule has 0 radical (unpaired) electrons. The Hall–Kier alpha value is -1.72. The number of aliphatic hydroxyl groups is 1. The number of aromatic nitrogens is 2. The standard InChI is InChI=1S/C18H24FN3O/c1-14-10-20-22(11-14)12-17-4-2-3-9-21(17)13-18(23)15-5-7-16(19)8-6-15/h5-8,10-11,17-18,23H,2-4,9,12-13H2,1H3/t17-,18+/m1/s1. The molecule has 2 heterocycles. The lowest BCUT2D eigenvalue weighted by molar-refractivity contribution is 0.0591. The summed E-state index contributed by atoms with van der Waals surface area (Å²) >= 11 is 0. The fourth-order valence-corrected chi connectivity index (χ4v) is 3.30. The molecule has 2 aromatic rings. The molecule has 0 amide bonds. The first-order valence-electron chi connectivity index (χ1n) is 8.28. The Bertz CT molecular complexity index is 625. The number of aryl methyl sites for hydroxylation is 1. The predicted octanol–water partition coefficient (Wildman–Crippen LogP) is 2.92. The van der Waals surface area contributed by atoms with Gasteiger partial charge in [-0.25, -0.2) is 4.39 Å². The maximum atomic E-state index is 13.0. The Balaban J connectivity index is 1.64. The van der Waals surface area contributed by atoms with E-state index in [4.69, 9.17) is 0 Å².